The van der Waals surface area contributed by atoms with E-state index in [0.717, 1.165) is 17.5 Å². The second kappa shape index (κ2) is 5.87. The van der Waals surface area contributed by atoms with Crippen molar-refractivity contribution in [1.82, 2.24) is 5.48 Å². The molecule has 0 amide bonds. The first kappa shape index (κ1) is 13.0. The lowest BCUT2D eigenvalue weighted by Gasteiger charge is -2.16. The average molecular weight is 223 g/mol. The van der Waals surface area contributed by atoms with Crippen LogP contribution in [0.25, 0.3) is 0 Å². The topological polar surface area (TPSA) is 41.5 Å². The van der Waals surface area contributed by atoms with Gasteiger partial charge in [-0.1, -0.05) is 32.9 Å². The number of benzene rings is 1. The molecule has 0 spiro atoms. The first-order valence-electron chi connectivity index (χ1n) is 5.71. The number of phenols is 1. The molecule has 0 saturated carbocycles. The fraction of sp³-hybridized carbons (Fsp3) is 0.538. The summed E-state index contributed by atoms with van der Waals surface area (Å²) in [4.78, 5) is 4.85. The zero-order chi connectivity index (χ0) is 12.1. The maximum Gasteiger partial charge on any atom is 0.123 e. The molecule has 0 saturated heterocycles. The largest absolute Gasteiger partial charge is 0.507 e. The highest BCUT2D eigenvalue weighted by Crippen LogP contribution is 2.30. The van der Waals surface area contributed by atoms with E-state index >= 15 is 0 Å². The third-order valence-electron chi connectivity index (χ3n) is 2.80. The van der Waals surface area contributed by atoms with Crippen molar-refractivity contribution in [3.8, 4) is 5.75 Å². The molecule has 3 heteroatoms. The Bertz CT molecular complexity index is 348. The SMILES string of the molecule is CCc1ccc(C(C)C)c(CNOC)c1O. The maximum absolute atomic E-state index is 10.1. The standard InChI is InChI=1S/C13H21NO2/c1-5-10-6-7-11(9(2)3)12(13(10)15)8-14-16-4/h6-7,9,14-15H,5,8H2,1-4H3. The Labute approximate surface area is 97.4 Å². The van der Waals surface area contributed by atoms with Crippen molar-refractivity contribution in [3.63, 3.8) is 0 Å². The predicted octanol–water partition coefficient (Wildman–Crippen LogP) is 2.73. The minimum Gasteiger partial charge on any atom is -0.507 e. The van der Waals surface area contributed by atoms with E-state index in [1.165, 1.54) is 5.56 Å². The Kier molecular flexibility index (Phi) is 4.77. The first-order chi connectivity index (χ1) is 7.61. The molecule has 1 aromatic carbocycles. The molecule has 90 valence electrons. The summed E-state index contributed by atoms with van der Waals surface area (Å²) in [6, 6.07) is 4.09. The van der Waals surface area contributed by atoms with Gasteiger partial charge in [0.2, 0.25) is 0 Å². The minimum absolute atomic E-state index is 0.394. The highest BCUT2D eigenvalue weighted by atomic mass is 16.6. The van der Waals surface area contributed by atoms with Gasteiger partial charge in [0.15, 0.2) is 0 Å². The zero-order valence-electron chi connectivity index (χ0n) is 10.5. The number of hydrogen-bond donors (Lipinski definition) is 2. The van der Waals surface area contributed by atoms with Gasteiger partial charge in [0.25, 0.3) is 0 Å². The molecular weight excluding hydrogens is 202 g/mol. The quantitative estimate of drug-likeness (QED) is 0.754. The van der Waals surface area contributed by atoms with Gasteiger partial charge in [0.1, 0.15) is 5.75 Å². The van der Waals surface area contributed by atoms with Crippen LogP contribution in [-0.2, 0) is 17.8 Å². The van der Waals surface area contributed by atoms with Crippen molar-refractivity contribution >= 4 is 0 Å². The highest BCUT2D eigenvalue weighted by Gasteiger charge is 2.13. The van der Waals surface area contributed by atoms with Gasteiger partial charge in [0.05, 0.1) is 7.11 Å². The van der Waals surface area contributed by atoms with Crippen LogP contribution in [0.4, 0.5) is 0 Å². The summed E-state index contributed by atoms with van der Waals surface area (Å²) in [6.07, 6.45) is 0.837. The van der Waals surface area contributed by atoms with Gasteiger partial charge in [0, 0.05) is 12.1 Å². The first-order valence-corrected chi connectivity index (χ1v) is 5.71. The van der Waals surface area contributed by atoms with E-state index < -0.39 is 0 Å². The number of hydroxylamine groups is 1. The molecule has 0 atom stereocenters. The minimum atomic E-state index is 0.394. The lowest BCUT2D eigenvalue weighted by molar-refractivity contribution is 0.0859. The van der Waals surface area contributed by atoms with Crippen LogP contribution in [0, 0.1) is 0 Å². The molecule has 2 N–H and O–H groups in total. The van der Waals surface area contributed by atoms with E-state index in [2.05, 4.69) is 25.4 Å². The van der Waals surface area contributed by atoms with Crippen molar-refractivity contribution in [2.24, 2.45) is 0 Å². The van der Waals surface area contributed by atoms with Crippen molar-refractivity contribution in [1.29, 1.82) is 0 Å². The Morgan fingerprint density at radius 3 is 2.56 bits per heavy atom. The van der Waals surface area contributed by atoms with Crippen LogP contribution in [0.1, 0.15) is 43.4 Å². The van der Waals surface area contributed by atoms with Gasteiger partial charge in [-0.2, -0.15) is 5.48 Å². The molecule has 0 fully saturated rings. The van der Waals surface area contributed by atoms with Crippen LogP contribution >= 0.6 is 0 Å². The van der Waals surface area contributed by atoms with Crippen LogP contribution < -0.4 is 5.48 Å². The fourth-order valence-electron chi connectivity index (χ4n) is 1.86. The number of phenolic OH excluding ortho intramolecular Hbond substituents is 1. The van der Waals surface area contributed by atoms with E-state index in [9.17, 15) is 5.11 Å². The van der Waals surface area contributed by atoms with Crippen LogP contribution in [0.15, 0.2) is 12.1 Å². The summed E-state index contributed by atoms with van der Waals surface area (Å²) in [5.74, 6) is 0.795. The number of aryl methyl sites for hydroxylation is 1. The molecule has 0 unspecified atom stereocenters. The van der Waals surface area contributed by atoms with Crippen LogP contribution in [0.3, 0.4) is 0 Å². The van der Waals surface area contributed by atoms with Crippen LogP contribution in [0.2, 0.25) is 0 Å². The molecule has 3 nitrogen and oxygen atoms in total. The second-order valence-electron chi connectivity index (χ2n) is 4.17. The molecule has 16 heavy (non-hydrogen) atoms. The van der Waals surface area contributed by atoms with Gasteiger partial charge >= 0.3 is 0 Å². The number of nitrogens with one attached hydrogen (secondary N) is 1. The Balaban J connectivity index is 3.14. The van der Waals surface area contributed by atoms with E-state index in [-0.39, 0.29) is 0 Å². The molecule has 0 aromatic heterocycles. The van der Waals surface area contributed by atoms with Crippen molar-refractivity contribution in [3.05, 3.63) is 28.8 Å². The van der Waals surface area contributed by atoms with Gasteiger partial charge in [-0.15, -0.1) is 0 Å². The summed E-state index contributed by atoms with van der Waals surface area (Å²) in [5, 5.41) is 10.1. The molecule has 0 aliphatic carbocycles. The summed E-state index contributed by atoms with van der Waals surface area (Å²) in [5.41, 5.74) is 5.88. The zero-order valence-corrected chi connectivity index (χ0v) is 10.5. The van der Waals surface area contributed by atoms with Crippen molar-refractivity contribution in [2.45, 2.75) is 39.7 Å². The maximum atomic E-state index is 10.1. The molecule has 0 aliphatic heterocycles. The van der Waals surface area contributed by atoms with Crippen LogP contribution in [0.5, 0.6) is 5.75 Å². The molecule has 1 aromatic rings. The third kappa shape index (κ3) is 2.74. The third-order valence-corrected chi connectivity index (χ3v) is 2.80. The predicted molar refractivity (Wildman–Crippen MR) is 65.4 cm³/mol. The Morgan fingerprint density at radius 1 is 1.38 bits per heavy atom. The van der Waals surface area contributed by atoms with Crippen LogP contribution in [-0.4, -0.2) is 12.2 Å². The Morgan fingerprint density at radius 2 is 2.06 bits per heavy atom. The van der Waals surface area contributed by atoms with Crippen molar-refractivity contribution < 1.29 is 9.94 Å². The van der Waals surface area contributed by atoms with E-state index in [1.807, 2.05) is 13.0 Å². The van der Waals surface area contributed by atoms with E-state index in [4.69, 9.17) is 4.84 Å². The Hall–Kier alpha value is -1.06. The van der Waals surface area contributed by atoms with Gasteiger partial charge in [-0.25, -0.2) is 0 Å². The molecule has 1 rings (SSSR count). The normalized spacial score (nSPS) is 11.1. The van der Waals surface area contributed by atoms with E-state index in [0.29, 0.717) is 18.2 Å². The second-order valence-corrected chi connectivity index (χ2v) is 4.17. The number of rotatable bonds is 5. The lowest BCUT2D eigenvalue weighted by Crippen LogP contribution is -2.13. The summed E-state index contributed by atoms with van der Waals surface area (Å²) >= 11 is 0. The summed E-state index contributed by atoms with van der Waals surface area (Å²) < 4.78 is 0. The molecule has 0 radical (unpaired) electrons. The molecule has 0 aliphatic rings. The highest BCUT2D eigenvalue weighted by molar-refractivity contribution is 5.46. The average Bonchev–Trinajstić information content (AvgIpc) is 2.26. The number of aromatic hydroxyl groups is 1. The summed E-state index contributed by atoms with van der Waals surface area (Å²) in [7, 11) is 1.58. The molecule has 0 heterocycles. The smallest absolute Gasteiger partial charge is 0.123 e. The van der Waals surface area contributed by atoms with E-state index in [1.54, 1.807) is 7.11 Å². The fourth-order valence-corrected chi connectivity index (χ4v) is 1.86. The molecule has 0 bridgehead atoms. The van der Waals surface area contributed by atoms with Gasteiger partial charge in [-0.05, 0) is 23.5 Å². The molecular formula is C13H21NO2. The van der Waals surface area contributed by atoms with Gasteiger partial charge in [-0.3, -0.25) is 0 Å². The lowest BCUT2D eigenvalue weighted by atomic mass is 9.93. The van der Waals surface area contributed by atoms with Gasteiger partial charge < -0.3 is 9.94 Å². The monoisotopic (exact) mass is 223 g/mol. The summed E-state index contributed by atoms with van der Waals surface area (Å²) in [6.45, 7) is 6.81. The van der Waals surface area contributed by atoms with Crippen molar-refractivity contribution in [2.75, 3.05) is 7.11 Å². The number of hydrogen-bond acceptors (Lipinski definition) is 3.